The van der Waals surface area contributed by atoms with Gasteiger partial charge < -0.3 is 4.74 Å². The Morgan fingerprint density at radius 1 is 1.24 bits per heavy atom. The van der Waals surface area contributed by atoms with Gasteiger partial charge in [-0.3, -0.25) is 10.1 Å². The third kappa shape index (κ3) is 3.63. The predicted molar refractivity (Wildman–Crippen MR) is 79.7 cm³/mol. The van der Waals surface area contributed by atoms with E-state index in [-0.39, 0.29) is 11.8 Å². The molecule has 0 fully saturated rings. The number of anilines is 1. The highest BCUT2D eigenvalue weighted by atomic mass is 32.1. The van der Waals surface area contributed by atoms with Crippen molar-refractivity contribution in [3.8, 4) is 0 Å². The van der Waals surface area contributed by atoms with Gasteiger partial charge in [-0.05, 0) is 18.2 Å². The number of rotatable bonds is 4. The van der Waals surface area contributed by atoms with Gasteiger partial charge in [0.2, 0.25) is 5.13 Å². The van der Waals surface area contributed by atoms with Gasteiger partial charge in [0.15, 0.2) is 0 Å². The number of hydrogen-bond donors (Lipinski definition) is 1. The fourth-order valence-corrected chi connectivity index (χ4v) is 2.33. The van der Waals surface area contributed by atoms with Crippen LogP contribution in [0.1, 0.15) is 45.5 Å². The van der Waals surface area contributed by atoms with Crippen LogP contribution in [0, 0.1) is 0 Å². The van der Waals surface area contributed by atoms with E-state index >= 15 is 0 Å². The minimum absolute atomic E-state index is 0.260. The summed E-state index contributed by atoms with van der Waals surface area (Å²) in [4.78, 5) is 23.6. The van der Waals surface area contributed by atoms with Crippen molar-refractivity contribution >= 4 is 28.3 Å². The van der Waals surface area contributed by atoms with Crippen molar-refractivity contribution < 1.29 is 14.3 Å². The zero-order valence-corrected chi connectivity index (χ0v) is 12.7. The largest absolute Gasteiger partial charge is 0.465 e. The molecule has 0 bridgehead atoms. The summed E-state index contributed by atoms with van der Waals surface area (Å²) in [6.45, 7) is 4.01. The smallest absolute Gasteiger partial charge is 0.337 e. The molecule has 7 heteroatoms. The topological polar surface area (TPSA) is 81.2 Å². The summed E-state index contributed by atoms with van der Waals surface area (Å²) in [5, 5.41) is 11.9. The summed E-state index contributed by atoms with van der Waals surface area (Å²) in [6.07, 6.45) is 0. The van der Waals surface area contributed by atoms with Gasteiger partial charge in [0, 0.05) is 11.5 Å². The van der Waals surface area contributed by atoms with Gasteiger partial charge in [-0.2, -0.15) is 0 Å². The fraction of sp³-hybridized carbons (Fsp3) is 0.286. The zero-order valence-electron chi connectivity index (χ0n) is 11.9. The van der Waals surface area contributed by atoms with E-state index in [1.54, 1.807) is 18.2 Å². The zero-order chi connectivity index (χ0) is 15.4. The summed E-state index contributed by atoms with van der Waals surface area (Å²) in [5.41, 5.74) is 0.685. The number of aromatic nitrogens is 2. The Hall–Kier alpha value is -2.28. The Morgan fingerprint density at radius 3 is 2.57 bits per heavy atom. The molecule has 2 rings (SSSR count). The van der Waals surface area contributed by atoms with E-state index in [4.69, 9.17) is 0 Å². The van der Waals surface area contributed by atoms with Gasteiger partial charge in [-0.1, -0.05) is 31.3 Å². The van der Waals surface area contributed by atoms with Crippen LogP contribution in [-0.2, 0) is 4.74 Å². The van der Waals surface area contributed by atoms with E-state index in [0.29, 0.717) is 16.3 Å². The van der Waals surface area contributed by atoms with Crippen LogP contribution in [0.4, 0.5) is 5.13 Å². The van der Waals surface area contributed by atoms with Crippen LogP contribution in [0.2, 0.25) is 0 Å². The second kappa shape index (κ2) is 6.45. The van der Waals surface area contributed by atoms with Gasteiger partial charge in [-0.25, -0.2) is 4.79 Å². The molecule has 1 N–H and O–H groups in total. The van der Waals surface area contributed by atoms with Crippen LogP contribution in [0.25, 0.3) is 0 Å². The first-order chi connectivity index (χ1) is 10.0. The van der Waals surface area contributed by atoms with E-state index in [9.17, 15) is 9.59 Å². The molecule has 0 saturated carbocycles. The Labute approximate surface area is 126 Å². The Balaban J connectivity index is 2.14. The number of methoxy groups -OCH3 is 1. The Bertz CT molecular complexity index is 667. The molecule has 0 aliphatic heterocycles. The van der Waals surface area contributed by atoms with Crippen LogP contribution >= 0.6 is 11.3 Å². The number of hydrogen-bond acceptors (Lipinski definition) is 6. The van der Waals surface area contributed by atoms with Crippen LogP contribution in [0.5, 0.6) is 0 Å². The van der Waals surface area contributed by atoms with Gasteiger partial charge in [-0.15, -0.1) is 10.2 Å². The summed E-state index contributed by atoms with van der Waals surface area (Å²) in [7, 11) is 1.30. The third-order valence-electron chi connectivity index (χ3n) is 2.70. The number of benzene rings is 1. The normalized spacial score (nSPS) is 10.5. The molecule has 0 radical (unpaired) electrons. The van der Waals surface area contributed by atoms with Crippen molar-refractivity contribution in [2.75, 3.05) is 12.4 Å². The van der Waals surface area contributed by atoms with Crippen molar-refractivity contribution in [3.05, 3.63) is 40.4 Å². The lowest BCUT2D eigenvalue weighted by atomic mass is 10.1. The highest BCUT2D eigenvalue weighted by molar-refractivity contribution is 7.15. The minimum atomic E-state index is -0.484. The van der Waals surface area contributed by atoms with E-state index in [0.717, 1.165) is 5.01 Å². The summed E-state index contributed by atoms with van der Waals surface area (Å²) in [6, 6.07) is 6.31. The quantitative estimate of drug-likeness (QED) is 0.878. The first kappa shape index (κ1) is 15.1. The molecule has 21 heavy (non-hydrogen) atoms. The lowest BCUT2D eigenvalue weighted by Crippen LogP contribution is -2.13. The lowest BCUT2D eigenvalue weighted by molar-refractivity contribution is 0.0600. The monoisotopic (exact) mass is 305 g/mol. The third-order valence-corrected chi connectivity index (χ3v) is 3.84. The highest BCUT2D eigenvalue weighted by Crippen LogP contribution is 2.22. The first-order valence-electron chi connectivity index (χ1n) is 6.34. The number of esters is 1. The van der Waals surface area contributed by atoms with Crippen molar-refractivity contribution in [1.82, 2.24) is 10.2 Å². The molecule has 0 saturated heterocycles. The van der Waals surface area contributed by atoms with Crippen LogP contribution in [-0.4, -0.2) is 29.2 Å². The number of nitrogens with zero attached hydrogens (tertiary/aromatic N) is 2. The predicted octanol–water partition coefficient (Wildman–Crippen LogP) is 2.70. The van der Waals surface area contributed by atoms with Gasteiger partial charge >= 0.3 is 5.97 Å². The van der Waals surface area contributed by atoms with Gasteiger partial charge in [0.1, 0.15) is 5.01 Å². The Kier molecular flexibility index (Phi) is 4.64. The maximum absolute atomic E-state index is 12.1. The highest BCUT2D eigenvalue weighted by Gasteiger charge is 2.13. The van der Waals surface area contributed by atoms with Crippen molar-refractivity contribution in [1.29, 1.82) is 0 Å². The number of carbonyl (C=O) groups excluding carboxylic acids is 2. The average Bonchev–Trinajstić information content (AvgIpc) is 2.95. The molecule has 1 amide bonds. The molecule has 1 aromatic carbocycles. The number of nitrogens with one attached hydrogen (secondary N) is 1. The van der Waals surface area contributed by atoms with Crippen molar-refractivity contribution in [2.24, 2.45) is 0 Å². The standard InChI is InChI=1S/C14H15N3O3S/c1-8(2)12-16-17-14(21-12)15-11(18)9-5-4-6-10(7-9)13(19)20-3/h4-8H,1-3H3,(H,15,17,18). The molecule has 0 unspecified atom stereocenters. The number of carbonyl (C=O) groups is 2. The van der Waals surface area contributed by atoms with Gasteiger partial charge in [0.05, 0.1) is 12.7 Å². The van der Waals surface area contributed by atoms with Crippen LogP contribution in [0.15, 0.2) is 24.3 Å². The van der Waals surface area contributed by atoms with Gasteiger partial charge in [0.25, 0.3) is 5.91 Å². The molecule has 0 aliphatic rings. The second-order valence-corrected chi connectivity index (χ2v) is 5.64. The maximum atomic E-state index is 12.1. The Morgan fingerprint density at radius 2 is 1.95 bits per heavy atom. The minimum Gasteiger partial charge on any atom is -0.465 e. The van der Waals surface area contributed by atoms with Crippen molar-refractivity contribution in [3.63, 3.8) is 0 Å². The SMILES string of the molecule is COC(=O)c1cccc(C(=O)Nc2nnc(C(C)C)s2)c1. The molecule has 2 aromatic rings. The molecule has 1 heterocycles. The summed E-state index contributed by atoms with van der Waals surface area (Å²) in [5.74, 6) is -0.564. The number of amides is 1. The summed E-state index contributed by atoms with van der Waals surface area (Å²) >= 11 is 1.33. The number of ether oxygens (including phenoxy) is 1. The molecule has 0 aliphatic carbocycles. The molecule has 0 atom stereocenters. The van der Waals surface area contributed by atoms with Crippen LogP contribution < -0.4 is 5.32 Å². The molecular weight excluding hydrogens is 290 g/mol. The van der Waals surface area contributed by atoms with E-state index in [2.05, 4.69) is 20.3 Å². The molecule has 6 nitrogen and oxygen atoms in total. The first-order valence-corrected chi connectivity index (χ1v) is 7.16. The van der Waals surface area contributed by atoms with E-state index in [1.807, 2.05) is 13.8 Å². The van der Waals surface area contributed by atoms with E-state index < -0.39 is 5.97 Å². The lowest BCUT2D eigenvalue weighted by Gasteiger charge is -2.03. The maximum Gasteiger partial charge on any atom is 0.337 e. The summed E-state index contributed by atoms with van der Waals surface area (Å²) < 4.78 is 4.63. The molecule has 0 spiro atoms. The average molecular weight is 305 g/mol. The van der Waals surface area contributed by atoms with Crippen LogP contribution in [0.3, 0.4) is 0 Å². The molecular formula is C14H15N3O3S. The second-order valence-electron chi connectivity index (χ2n) is 4.63. The van der Waals surface area contributed by atoms with Crippen molar-refractivity contribution in [2.45, 2.75) is 19.8 Å². The fourth-order valence-electron chi connectivity index (χ4n) is 1.59. The van der Waals surface area contributed by atoms with E-state index in [1.165, 1.54) is 24.5 Å². The molecule has 110 valence electrons. The molecule has 1 aromatic heterocycles.